The van der Waals surface area contributed by atoms with E-state index in [0.29, 0.717) is 11.0 Å². The van der Waals surface area contributed by atoms with E-state index < -0.39 is 15.8 Å². The Bertz CT molecular complexity index is 739. The molecule has 0 atom stereocenters. The first-order chi connectivity index (χ1) is 8.52. The van der Waals surface area contributed by atoms with Crippen LogP contribution in [0.3, 0.4) is 0 Å². The molecule has 0 bridgehead atoms. The molecule has 0 aliphatic heterocycles. The van der Waals surface area contributed by atoms with Crippen molar-refractivity contribution in [3.8, 4) is 6.07 Å². The first-order valence-corrected chi connectivity index (χ1v) is 6.84. The Morgan fingerprint density at radius 1 is 1.28 bits per heavy atom. The van der Waals surface area contributed by atoms with Gasteiger partial charge in [-0.05, 0) is 12.1 Å². The molecule has 6 nitrogen and oxygen atoms in total. The molecule has 0 saturated carbocycles. The van der Waals surface area contributed by atoms with Gasteiger partial charge in [0.1, 0.15) is 0 Å². The molecule has 0 amide bonds. The number of nitriles is 1. The van der Waals surface area contributed by atoms with Gasteiger partial charge in [-0.1, -0.05) is 23.7 Å². The van der Waals surface area contributed by atoms with Crippen LogP contribution < -0.4 is 4.72 Å². The summed E-state index contributed by atoms with van der Waals surface area (Å²) in [5.74, 6) is -0.747. The van der Waals surface area contributed by atoms with Gasteiger partial charge in [0.2, 0.25) is 10.0 Å². The lowest BCUT2D eigenvalue weighted by Gasteiger charge is -2.06. The van der Waals surface area contributed by atoms with Crippen LogP contribution in [0.2, 0.25) is 5.15 Å². The van der Waals surface area contributed by atoms with Crippen molar-refractivity contribution in [3.63, 3.8) is 0 Å². The minimum atomic E-state index is -3.77. The van der Waals surface area contributed by atoms with E-state index in [1.54, 1.807) is 30.3 Å². The van der Waals surface area contributed by atoms with E-state index in [1.807, 2.05) is 0 Å². The van der Waals surface area contributed by atoms with Crippen LogP contribution in [0.25, 0.3) is 11.0 Å². The predicted molar refractivity (Wildman–Crippen MR) is 67.6 cm³/mol. The lowest BCUT2D eigenvalue weighted by molar-refractivity contribution is 0.604. The molecule has 1 aromatic heterocycles. The molecule has 0 saturated heterocycles. The molecule has 8 heteroatoms. The summed E-state index contributed by atoms with van der Waals surface area (Å²) in [7, 11) is -3.77. The molecule has 0 unspecified atom stereocenters. The normalized spacial score (nSPS) is 11.1. The molecular formula is C10H7ClN4O2S. The lowest BCUT2D eigenvalue weighted by atomic mass is 10.3. The van der Waals surface area contributed by atoms with E-state index in [4.69, 9.17) is 16.9 Å². The third kappa shape index (κ3) is 2.67. The Balaban J connectivity index is 2.46. The molecule has 0 spiro atoms. The highest BCUT2D eigenvalue weighted by molar-refractivity contribution is 7.92. The van der Waals surface area contributed by atoms with E-state index in [1.165, 1.54) is 0 Å². The van der Waals surface area contributed by atoms with Gasteiger partial charge in [0.05, 0.1) is 17.1 Å². The van der Waals surface area contributed by atoms with Gasteiger partial charge in [0.15, 0.2) is 16.7 Å². The second-order valence-corrected chi connectivity index (χ2v) is 5.45. The maximum atomic E-state index is 11.4. The summed E-state index contributed by atoms with van der Waals surface area (Å²) in [5.41, 5.74) is 1.07. The van der Waals surface area contributed by atoms with Crippen LogP contribution in [-0.2, 0) is 10.0 Å². The van der Waals surface area contributed by atoms with Crippen molar-refractivity contribution in [3.05, 3.63) is 29.4 Å². The molecule has 92 valence electrons. The van der Waals surface area contributed by atoms with Gasteiger partial charge < -0.3 is 0 Å². The fraction of sp³-hybridized carbons (Fsp3) is 0.100. The van der Waals surface area contributed by atoms with E-state index in [2.05, 4.69) is 14.7 Å². The maximum absolute atomic E-state index is 11.4. The Kier molecular flexibility index (Phi) is 3.32. The van der Waals surface area contributed by atoms with E-state index in [0.717, 1.165) is 0 Å². The standard InChI is InChI=1S/C10H7ClN4O2S/c11-9-10(15-18(16,17)6-5-12)14-8-4-2-1-3-7(8)13-9/h1-4H,6H2,(H,14,15). The van der Waals surface area contributed by atoms with Gasteiger partial charge in [-0.25, -0.2) is 18.4 Å². The first kappa shape index (κ1) is 12.5. The zero-order chi connectivity index (χ0) is 13.2. The highest BCUT2D eigenvalue weighted by Gasteiger charge is 2.14. The first-order valence-electron chi connectivity index (χ1n) is 4.81. The maximum Gasteiger partial charge on any atom is 0.247 e. The van der Waals surface area contributed by atoms with Crippen molar-refractivity contribution in [1.29, 1.82) is 5.26 Å². The van der Waals surface area contributed by atoms with Gasteiger partial charge in [-0.3, -0.25) is 4.72 Å². The van der Waals surface area contributed by atoms with Crippen LogP contribution in [0.15, 0.2) is 24.3 Å². The van der Waals surface area contributed by atoms with Crippen molar-refractivity contribution in [2.75, 3.05) is 10.5 Å². The average Bonchev–Trinajstić information content (AvgIpc) is 2.29. The summed E-state index contributed by atoms with van der Waals surface area (Å²) < 4.78 is 25.0. The zero-order valence-electron chi connectivity index (χ0n) is 8.96. The van der Waals surface area contributed by atoms with Crippen molar-refractivity contribution in [1.82, 2.24) is 9.97 Å². The smallest absolute Gasteiger partial charge is 0.247 e. The van der Waals surface area contributed by atoms with Crippen molar-refractivity contribution < 1.29 is 8.42 Å². The summed E-state index contributed by atoms with van der Waals surface area (Å²) >= 11 is 5.83. The van der Waals surface area contributed by atoms with E-state index >= 15 is 0 Å². The number of fused-ring (bicyclic) bond motifs is 1. The van der Waals surface area contributed by atoms with Crippen molar-refractivity contribution in [2.24, 2.45) is 0 Å². The number of nitrogens with one attached hydrogen (secondary N) is 1. The zero-order valence-corrected chi connectivity index (χ0v) is 10.5. The minimum Gasteiger partial charge on any atom is -0.264 e. The van der Waals surface area contributed by atoms with Crippen molar-refractivity contribution >= 4 is 38.5 Å². The number of sulfonamides is 1. The molecule has 0 aliphatic rings. The summed E-state index contributed by atoms with van der Waals surface area (Å²) in [6.45, 7) is 0. The number of halogens is 1. The van der Waals surface area contributed by atoms with Gasteiger partial charge in [-0.15, -0.1) is 0 Å². The second-order valence-electron chi connectivity index (χ2n) is 3.37. The molecule has 1 aromatic carbocycles. The SMILES string of the molecule is N#CCS(=O)(=O)Nc1nc2ccccc2nc1Cl. The monoisotopic (exact) mass is 282 g/mol. The third-order valence-corrected chi connectivity index (χ3v) is 3.31. The Morgan fingerprint density at radius 2 is 1.89 bits per heavy atom. The number of benzene rings is 1. The molecular weight excluding hydrogens is 276 g/mol. The van der Waals surface area contributed by atoms with Crippen LogP contribution in [0.4, 0.5) is 5.82 Å². The van der Waals surface area contributed by atoms with E-state index in [-0.39, 0.29) is 11.0 Å². The molecule has 18 heavy (non-hydrogen) atoms. The quantitative estimate of drug-likeness (QED) is 0.921. The van der Waals surface area contributed by atoms with Crippen molar-refractivity contribution in [2.45, 2.75) is 0 Å². The average molecular weight is 283 g/mol. The third-order valence-electron chi connectivity index (χ3n) is 2.03. The highest BCUT2D eigenvalue weighted by Crippen LogP contribution is 2.21. The van der Waals surface area contributed by atoms with Crippen LogP contribution in [0, 0.1) is 11.3 Å². The number of hydrogen-bond donors (Lipinski definition) is 1. The molecule has 1 heterocycles. The topological polar surface area (TPSA) is 95.7 Å². The molecule has 0 aliphatic carbocycles. The van der Waals surface area contributed by atoms with Gasteiger partial charge in [0, 0.05) is 0 Å². The summed E-state index contributed by atoms with van der Waals surface area (Å²) in [4.78, 5) is 8.06. The van der Waals surface area contributed by atoms with E-state index in [9.17, 15) is 8.42 Å². The Hall–Kier alpha value is -1.91. The van der Waals surface area contributed by atoms with Crippen LogP contribution in [-0.4, -0.2) is 24.1 Å². The number of hydrogen-bond acceptors (Lipinski definition) is 5. The molecule has 1 N–H and O–H groups in total. The number of aromatic nitrogens is 2. The lowest BCUT2D eigenvalue weighted by Crippen LogP contribution is -2.17. The fourth-order valence-electron chi connectivity index (χ4n) is 1.31. The summed E-state index contributed by atoms with van der Waals surface area (Å²) in [6.07, 6.45) is 0. The van der Waals surface area contributed by atoms with Crippen LogP contribution in [0.1, 0.15) is 0 Å². The van der Waals surface area contributed by atoms with Crippen LogP contribution >= 0.6 is 11.6 Å². The summed E-state index contributed by atoms with van der Waals surface area (Å²) in [6, 6.07) is 8.45. The van der Waals surface area contributed by atoms with Gasteiger partial charge in [-0.2, -0.15) is 5.26 Å². The largest absolute Gasteiger partial charge is 0.264 e. The number of para-hydroxylation sites is 2. The minimum absolute atomic E-state index is 0.0600. The summed E-state index contributed by atoms with van der Waals surface area (Å²) in [5, 5.41) is 8.32. The number of anilines is 1. The number of nitrogens with zero attached hydrogens (tertiary/aromatic N) is 3. The van der Waals surface area contributed by atoms with Gasteiger partial charge >= 0.3 is 0 Å². The molecule has 2 aromatic rings. The predicted octanol–water partition coefficient (Wildman–Crippen LogP) is 1.55. The Labute approximate surface area is 108 Å². The van der Waals surface area contributed by atoms with Crippen LogP contribution in [0.5, 0.6) is 0 Å². The molecule has 0 fully saturated rings. The molecule has 2 rings (SSSR count). The second kappa shape index (κ2) is 4.76. The van der Waals surface area contributed by atoms with Gasteiger partial charge in [0.25, 0.3) is 0 Å². The number of rotatable bonds is 3. The molecule has 0 radical (unpaired) electrons. The Morgan fingerprint density at radius 3 is 2.50 bits per heavy atom. The fourth-order valence-corrected chi connectivity index (χ4v) is 2.23. The highest BCUT2D eigenvalue weighted by atomic mass is 35.5.